The van der Waals surface area contributed by atoms with Gasteiger partial charge in [-0.05, 0) is 24.7 Å². The molecule has 19 heavy (non-hydrogen) atoms. The van der Waals surface area contributed by atoms with Gasteiger partial charge >= 0.3 is 0 Å². The van der Waals surface area contributed by atoms with E-state index >= 15 is 0 Å². The van der Waals surface area contributed by atoms with Gasteiger partial charge in [0, 0.05) is 31.2 Å². The van der Waals surface area contributed by atoms with Crippen molar-refractivity contribution in [1.82, 2.24) is 10.2 Å². The summed E-state index contributed by atoms with van der Waals surface area (Å²) in [5.74, 6) is 1.59. The van der Waals surface area contributed by atoms with Gasteiger partial charge in [0.05, 0.1) is 0 Å². The largest absolute Gasteiger partial charge is 0.311 e. The average Bonchev–Trinajstić information content (AvgIpc) is 2.41. The van der Waals surface area contributed by atoms with Crippen LogP contribution in [0.2, 0.25) is 0 Å². The van der Waals surface area contributed by atoms with E-state index < -0.39 is 0 Å². The summed E-state index contributed by atoms with van der Waals surface area (Å²) in [7, 11) is 0. The van der Waals surface area contributed by atoms with Gasteiger partial charge in [-0.25, -0.2) is 0 Å². The molecule has 0 radical (unpaired) electrons. The number of rotatable bonds is 4. The van der Waals surface area contributed by atoms with Crippen LogP contribution in [0.3, 0.4) is 0 Å². The highest BCUT2D eigenvalue weighted by atomic mass is 15.3. The monoisotopic (exact) mass is 266 g/mol. The van der Waals surface area contributed by atoms with Gasteiger partial charge < -0.3 is 5.32 Å². The van der Waals surface area contributed by atoms with Crippen molar-refractivity contribution in [3.8, 4) is 0 Å². The Labute approximate surface area is 120 Å². The van der Waals surface area contributed by atoms with Gasteiger partial charge in [0.15, 0.2) is 0 Å². The van der Waals surface area contributed by atoms with Gasteiger partial charge in [0.25, 0.3) is 0 Å². The molecule has 1 saturated heterocycles. The van der Waals surface area contributed by atoms with E-state index in [2.05, 4.69) is 37.9 Å². The van der Waals surface area contributed by atoms with E-state index in [0.29, 0.717) is 11.6 Å². The number of nitrogens with one attached hydrogen (secondary N) is 1. The quantitative estimate of drug-likeness (QED) is 0.835. The molecule has 2 unspecified atom stereocenters. The summed E-state index contributed by atoms with van der Waals surface area (Å²) in [5.41, 5.74) is 0.493. The second kappa shape index (κ2) is 6.58. The van der Waals surface area contributed by atoms with Crippen LogP contribution in [0.1, 0.15) is 66.2 Å². The second-order valence-electron chi connectivity index (χ2n) is 7.46. The lowest BCUT2D eigenvalue weighted by molar-refractivity contribution is -0.00702. The van der Waals surface area contributed by atoms with Crippen LogP contribution < -0.4 is 5.32 Å². The number of hydrogen-bond acceptors (Lipinski definition) is 2. The van der Waals surface area contributed by atoms with Crippen LogP contribution in [0.4, 0.5) is 0 Å². The Morgan fingerprint density at radius 3 is 2.42 bits per heavy atom. The Hall–Kier alpha value is -0.0800. The van der Waals surface area contributed by atoms with Gasteiger partial charge in [0.2, 0.25) is 0 Å². The van der Waals surface area contributed by atoms with Crippen LogP contribution in [-0.4, -0.2) is 36.1 Å². The van der Waals surface area contributed by atoms with Crippen molar-refractivity contribution in [2.75, 3.05) is 19.6 Å². The average molecular weight is 266 g/mol. The fraction of sp³-hybridized carbons (Fsp3) is 1.00. The van der Waals surface area contributed by atoms with Crippen LogP contribution in [0, 0.1) is 11.8 Å². The molecule has 1 saturated carbocycles. The van der Waals surface area contributed by atoms with Crippen LogP contribution in [0.5, 0.6) is 0 Å². The molecular weight excluding hydrogens is 232 g/mol. The highest BCUT2D eigenvalue weighted by Gasteiger charge is 2.42. The van der Waals surface area contributed by atoms with Crippen LogP contribution in [0.25, 0.3) is 0 Å². The molecule has 2 atom stereocenters. The van der Waals surface area contributed by atoms with Gasteiger partial charge in [-0.1, -0.05) is 53.4 Å². The normalized spacial score (nSPS) is 29.8. The van der Waals surface area contributed by atoms with Gasteiger partial charge in [-0.3, -0.25) is 4.90 Å². The predicted molar refractivity (Wildman–Crippen MR) is 83.5 cm³/mol. The molecule has 0 aromatic heterocycles. The van der Waals surface area contributed by atoms with Crippen molar-refractivity contribution in [2.24, 2.45) is 11.8 Å². The molecule has 1 aliphatic carbocycles. The minimum atomic E-state index is 0.493. The molecule has 2 aliphatic rings. The Kier molecular flexibility index (Phi) is 5.30. The minimum Gasteiger partial charge on any atom is -0.311 e. The van der Waals surface area contributed by atoms with E-state index in [1.54, 1.807) is 0 Å². The lowest BCUT2D eigenvalue weighted by Crippen LogP contribution is -2.66. The maximum Gasteiger partial charge on any atom is 0.0334 e. The third kappa shape index (κ3) is 3.52. The molecule has 1 N–H and O–H groups in total. The molecule has 1 spiro atoms. The van der Waals surface area contributed by atoms with Crippen molar-refractivity contribution in [1.29, 1.82) is 0 Å². The smallest absolute Gasteiger partial charge is 0.0334 e. The summed E-state index contributed by atoms with van der Waals surface area (Å²) < 4.78 is 0. The van der Waals surface area contributed by atoms with Crippen molar-refractivity contribution in [3.05, 3.63) is 0 Å². The van der Waals surface area contributed by atoms with Crippen LogP contribution in [0.15, 0.2) is 0 Å². The number of hydrogen-bond donors (Lipinski definition) is 1. The van der Waals surface area contributed by atoms with E-state index in [1.165, 1.54) is 58.2 Å². The molecule has 112 valence electrons. The van der Waals surface area contributed by atoms with Crippen molar-refractivity contribution < 1.29 is 0 Å². The highest BCUT2D eigenvalue weighted by Crippen LogP contribution is 2.36. The van der Waals surface area contributed by atoms with Gasteiger partial charge in [-0.2, -0.15) is 0 Å². The summed E-state index contributed by atoms with van der Waals surface area (Å²) in [6, 6.07) is 0.705. The molecule has 2 heteroatoms. The Balaban J connectivity index is 2.07. The molecule has 0 aromatic rings. The van der Waals surface area contributed by atoms with E-state index in [4.69, 9.17) is 0 Å². The van der Waals surface area contributed by atoms with E-state index in [0.717, 1.165) is 11.8 Å². The number of nitrogens with zero attached hydrogens (tertiary/aromatic N) is 1. The molecule has 2 fully saturated rings. The van der Waals surface area contributed by atoms with Gasteiger partial charge in [0.1, 0.15) is 0 Å². The Morgan fingerprint density at radius 2 is 1.84 bits per heavy atom. The fourth-order valence-corrected chi connectivity index (χ4v) is 4.01. The van der Waals surface area contributed by atoms with E-state index in [-0.39, 0.29) is 0 Å². The van der Waals surface area contributed by atoms with Crippen molar-refractivity contribution in [3.63, 3.8) is 0 Å². The Morgan fingerprint density at radius 1 is 1.16 bits per heavy atom. The summed E-state index contributed by atoms with van der Waals surface area (Å²) in [6.45, 7) is 13.3. The van der Waals surface area contributed by atoms with Gasteiger partial charge in [-0.15, -0.1) is 0 Å². The lowest BCUT2D eigenvalue weighted by Gasteiger charge is -2.53. The summed E-state index contributed by atoms with van der Waals surface area (Å²) in [5, 5.41) is 3.89. The molecule has 2 rings (SSSR count). The molecule has 1 heterocycles. The fourth-order valence-electron chi connectivity index (χ4n) is 4.01. The first kappa shape index (κ1) is 15.3. The van der Waals surface area contributed by atoms with E-state index in [1.807, 2.05) is 0 Å². The zero-order chi connectivity index (χ0) is 13.9. The van der Waals surface area contributed by atoms with Crippen molar-refractivity contribution in [2.45, 2.75) is 77.8 Å². The molecule has 2 nitrogen and oxygen atoms in total. The summed E-state index contributed by atoms with van der Waals surface area (Å²) in [4.78, 5) is 2.87. The van der Waals surface area contributed by atoms with Crippen molar-refractivity contribution >= 4 is 0 Å². The lowest BCUT2D eigenvalue weighted by atomic mass is 9.77. The van der Waals surface area contributed by atoms with Crippen LogP contribution >= 0.6 is 0 Å². The first-order chi connectivity index (χ1) is 9.07. The molecule has 0 aromatic carbocycles. The predicted octanol–water partition coefficient (Wildman–Crippen LogP) is 3.67. The van der Waals surface area contributed by atoms with E-state index in [9.17, 15) is 0 Å². The zero-order valence-electron chi connectivity index (χ0n) is 13.5. The molecule has 0 bridgehead atoms. The third-order valence-electron chi connectivity index (χ3n) is 5.48. The molecule has 1 aliphatic heterocycles. The first-order valence-electron chi connectivity index (χ1n) is 8.56. The Bertz CT molecular complexity index is 268. The topological polar surface area (TPSA) is 15.3 Å². The maximum absolute atomic E-state index is 3.89. The number of piperazine rings is 1. The standard InChI is InChI=1S/C17H34N2/c1-5-15(4)16-12-19(11-14(2)3)17(13-18-16)9-7-6-8-10-17/h14-16,18H,5-13H2,1-4H3. The SMILES string of the molecule is CCC(C)C1CN(CC(C)C)C2(CCCCC2)CN1. The van der Waals surface area contributed by atoms with Crippen LogP contribution in [-0.2, 0) is 0 Å². The highest BCUT2D eigenvalue weighted by molar-refractivity contribution is 5.01. The summed E-state index contributed by atoms with van der Waals surface area (Å²) >= 11 is 0. The zero-order valence-corrected chi connectivity index (χ0v) is 13.5. The molecule has 0 amide bonds. The molecular formula is C17H34N2. The summed E-state index contributed by atoms with van der Waals surface area (Å²) in [6.07, 6.45) is 8.45. The minimum absolute atomic E-state index is 0.493. The third-order valence-corrected chi connectivity index (χ3v) is 5.48. The first-order valence-corrected chi connectivity index (χ1v) is 8.56. The maximum atomic E-state index is 3.89. The second-order valence-corrected chi connectivity index (χ2v) is 7.46.